The molecule has 108 valence electrons. The summed E-state index contributed by atoms with van der Waals surface area (Å²) in [5, 5.41) is 7.65. The predicted octanol–water partition coefficient (Wildman–Crippen LogP) is 2.77. The Morgan fingerprint density at radius 2 is 2.15 bits per heavy atom. The van der Waals surface area contributed by atoms with Gasteiger partial charge in [0.25, 0.3) is 0 Å². The van der Waals surface area contributed by atoms with Gasteiger partial charge in [-0.3, -0.25) is 4.68 Å². The number of rotatable bonds is 7. The summed E-state index contributed by atoms with van der Waals surface area (Å²) in [5.41, 5.74) is 2.40. The van der Waals surface area contributed by atoms with Crippen molar-refractivity contribution < 1.29 is 4.74 Å². The highest BCUT2D eigenvalue weighted by Crippen LogP contribution is 2.13. The van der Waals surface area contributed by atoms with Crippen molar-refractivity contribution in [2.45, 2.75) is 39.9 Å². The minimum absolute atomic E-state index is 0.488. The van der Waals surface area contributed by atoms with Crippen molar-refractivity contribution in [3.05, 3.63) is 47.8 Å². The number of aromatic nitrogens is 2. The van der Waals surface area contributed by atoms with E-state index in [2.05, 4.69) is 36.4 Å². The molecule has 1 aromatic carbocycles. The number of nitrogens with zero attached hydrogens (tertiary/aromatic N) is 2. The van der Waals surface area contributed by atoms with Gasteiger partial charge in [0.2, 0.25) is 0 Å². The summed E-state index contributed by atoms with van der Waals surface area (Å²) < 4.78 is 7.74. The van der Waals surface area contributed by atoms with Crippen LogP contribution in [0.25, 0.3) is 0 Å². The zero-order chi connectivity index (χ0) is 14.4. The van der Waals surface area contributed by atoms with E-state index in [1.54, 1.807) is 0 Å². The monoisotopic (exact) mass is 273 g/mol. The molecule has 0 aliphatic heterocycles. The molecule has 0 saturated carbocycles. The van der Waals surface area contributed by atoms with Crippen molar-refractivity contribution >= 4 is 0 Å². The lowest BCUT2D eigenvalue weighted by Crippen LogP contribution is -2.21. The fourth-order valence-corrected chi connectivity index (χ4v) is 1.95. The van der Waals surface area contributed by atoms with Crippen molar-refractivity contribution in [2.75, 3.05) is 6.61 Å². The fraction of sp³-hybridized carbons (Fsp3) is 0.438. The van der Waals surface area contributed by atoms with Gasteiger partial charge in [0.05, 0.1) is 6.54 Å². The molecule has 0 radical (unpaired) electrons. The van der Waals surface area contributed by atoms with Crippen molar-refractivity contribution in [2.24, 2.45) is 0 Å². The van der Waals surface area contributed by atoms with Crippen molar-refractivity contribution in [1.29, 1.82) is 0 Å². The Morgan fingerprint density at radius 1 is 1.30 bits per heavy atom. The van der Waals surface area contributed by atoms with Crippen LogP contribution in [0, 0.1) is 6.92 Å². The molecule has 0 fully saturated rings. The molecule has 2 aromatic rings. The molecule has 0 atom stereocenters. The van der Waals surface area contributed by atoms with Crippen LogP contribution in [0.2, 0.25) is 0 Å². The van der Waals surface area contributed by atoms with Crippen molar-refractivity contribution in [3.63, 3.8) is 0 Å². The Morgan fingerprint density at radius 3 is 2.85 bits per heavy atom. The van der Waals surface area contributed by atoms with E-state index >= 15 is 0 Å². The van der Waals surface area contributed by atoms with Gasteiger partial charge in [-0.2, -0.15) is 5.10 Å². The van der Waals surface area contributed by atoms with Crippen LogP contribution in [0.3, 0.4) is 0 Å². The lowest BCUT2D eigenvalue weighted by molar-refractivity contribution is 0.289. The number of aryl methyl sites for hydroxylation is 1. The molecule has 1 heterocycles. The zero-order valence-corrected chi connectivity index (χ0v) is 12.5. The molecule has 1 aromatic heterocycles. The average Bonchev–Trinajstić information content (AvgIpc) is 2.83. The first-order valence-corrected chi connectivity index (χ1v) is 7.08. The zero-order valence-electron chi connectivity index (χ0n) is 12.5. The first-order chi connectivity index (χ1) is 9.65. The van der Waals surface area contributed by atoms with Crippen LogP contribution in [0.4, 0.5) is 0 Å². The summed E-state index contributed by atoms with van der Waals surface area (Å²) in [5.74, 6) is 0.915. The number of hydrogen-bond acceptors (Lipinski definition) is 3. The Hall–Kier alpha value is -1.81. The molecule has 0 unspecified atom stereocenters. The van der Waals surface area contributed by atoms with Crippen LogP contribution < -0.4 is 10.1 Å². The van der Waals surface area contributed by atoms with E-state index in [9.17, 15) is 0 Å². The number of ether oxygens (including phenoxy) is 1. The molecule has 0 amide bonds. The van der Waals surface area contributed by atoms with Gasteiger partial charge in [0.15, 0.2) is 0 Å². The van der Waals surface area contributed by atoms with Crippen molar-refractivity contribution in [3.8, 4) is 5.75 Å². The second-order valence-electron chi connectivity index (χ2n) is 5.23. The highest BCUT2D eigenvalue weighted by atomic mass is 16.5. The molecule has 4 heteroatoms. The third-order valence-electron chi connectivity index (χ3n) is 3.11. The molecule has 4 nitrogen and oxygen atoms in total. The third-order valence-corrected chi connectivity index (χ3v) is 3.11. The lowest BCUT2D eigenvalue weighted by atomic mass is 10.2. The van der Waals surface area contributed by atoms with Gasteiger partial charge >= 0.3 is 0 Å². The second kappa shape index (κ2) is 7.10. The largest absolute Gasteiger partial charge is 0.492 e. The number of hydrogen-bond donors (Lipinski definition) is 1. The Kier molecular flexibility index (Phi) is 5.18. The molecule has 0 aliphatic carbocycles. The molecule has 0 spiro atoms. The SMILES string of the molecule is Cc1ccnn1CCOc1cccc(CNC(C)C)c1. The highest BCUT2D eigenvalue weighted by Gasteiger charge is 2.00. The van der Waals surface area contributed by atoms with Gasteiger partial charge in [-0.25, -0.2) is 0 Å². The fourth-order valence-electron chi connectivity index (χ4n) is 1.95. The van der Waals surface area contributed by atoms with E-state index in [1.165, 1.54) is 5.56 Å². The Bertz CT molecular complexity index is 534. The second-order valence-corrected chi connectivity index (χ2v) is 5.23. The maximum absolute atomic E-state index is 5.79. The Balaban J connectivity index is 1.83. The van der Waals surface area contributed by atoms with Crippen LogP contribution in [0.5, 0.6) is 5.75 Å². The highest BCUT2D eigenvalue weighted by molar-refractivity contribution is 5.28. The van der Waals surface area contributed by atoms with Gasteiger partial charge in [0.1, 0.15) is 12.4 Å². The molecule has 0 saturated heterocycles. The minimum atomic E-state index is 0.488. The standard InChI is InChI=1S/C16H23N3O/c1-13(2)17-12-15-5-4-6-16(11-15)20-10-9-19-14(3)7-8-18-19/h4-8,11,13,17H,9-10,12H2,1-3H3. The van der Waals surface area contributed by atoms with Gasteiger partial charge in [-0.05, 0) is 30.7 Å². The predicted molar refractivity (Wildman–Crippen MR) is 80.9 cm³/mol. The Labute approximate surface area is 120 Å². The number of nitrogens with one attached hydrogen (secondary N) is 1. The van der Waals surface area contributed by atoms with E-state index in [-0.39, 0.29) is 0 Å². The number of benzene rings is 1. The molecular weight excluding hydrogens is 250 g/mol. The summed E-state index contributed by atoms with van der Waals surface area (Å²) in [7, 11) is 0. The lowest BCUT2D eigenvalue weighted by Gasteiger charge is -2.11. The first kappa shape index (κ1) is 14.6. The van der Waals surface area contributed by atoms with Gasteiger partial charge < -0.3 is 10.1 Å². The molecule has 1 N–H and O–H groups in total. The summed E-state index contributed by atoms with van der Waals surface area (Å²) in [6, 6.07) is 10.7. The smallest absolute Gasteiger partial charge is 0.119 e. The summed E-state index contributed by atoms with van der Waals surface area (Å²) in [6.45, 7) is 8.61. The quantitative estimate of drug-likeness (QED) is 0.843. The maximum atomic E-state index is 5.79. The van der Waals surface area contributed by atoms with E-state index in [4.69, 9.17) is 4.74 Å². The van der Waals surface area contributed by atoms with Crippen LogP contribution in [0.1, 0.15) is 25.1 Å². The van der Waals surface area contributed by atoms with Gasteiger partial charge in [0, 0.05) is 24.5 Å². The molecule has 0 bridgehead atoms. The third kappa shape index (κ3) is 4.38. The molecule has 2 rings (SSSR count). The van der Waals surface area contributed by atoms with Crippen LogP contribution in [-0.2, 0) is 13.1 Å². The average molecular weight is 273 g/mol. The first-order valence-electron chi connectivity index (χ1n) is 7.08. The maximum Gasteiger partial charge on any atom is 0.119 e. The van der Waals surface area contributed by atoms with E-state index in [0.29, 0.717) is 12.6 Å². The van der Waals surface area contributed by atoms with Gasteiger partial charge in [-0.1, -0.05) is 26.0 Å². The van der Waals surface area contributed by atoms with Gasteiger partial charge in [-0.15, -0.1) is 0 Å². The van der Waals surface area contributed by atoms with E-state index in [1.807, 2.05) is 36.0 Å². The normalized spacial score (nSPS) is 11.0. The summed E-state index contributed by atoms with van der Waals surface area (Å²) in [6.07, 6.45) is 1.81. The van der Waals surface area contributed by atoms with Crippen LogP contribution >= 0.6 is 0 Å². The van der Waals surface area contributed by atoms with Crippen LogP contribution in [0.15, 0.2) is 36.5 Å². The van der Waals surface area contributed by atoms with Crippen LogP contribution in [-0.4, -0.2) is 22.4 Å². The van der Waals surface area contributed by atoms with Crippen molar-refractivity contribution in [1.82, 2.24) is 15.1 Å². The minimum Gasteiger partial charge on any atom is -0.492 e. The molecule has 20 heavy (non-hydrogen) atoms. The van der Waals surface area contributed by atoms with E-state index in [0.717, 1.165) is 24.5 Å². The topological polar surface area (TPSA) is 39.1 Å². The molecular formula is C16H23N3O. The summed E-state index contributed by atoms with van der Waals surface area (Å²) >= 11 is 0. The van der Waals surface area contributed by atoms with E-state index < -0.39 is 0 Å². The molecule has 0 aliphatic rings. The summed E-state index contributed by atoms with van der Waals surface area (Å²) in [4.78, 5) is 0.